The number of hydrogen-bond acceptors (Lipinski definition) is 3. The number of unbranched alkanes of at least 4 members (excludes halogenated alkanes) is 1. The molecule has 3 nitrogen and oxygen atoms in total. The topological polar surface area (TPSA) is 46.2 Å². The molecule has 102 valence electrons. The lowest BCUT2D eigenvalue weighted by Crippen LogP contribution is -2.25. The molecule has 0 saturated heterocycles. The minimum absolute atomic E-state index is 0.171. The fourth-order valence-corrected chi connectivity index (χ4v) is 4.70. The van der Waals surface area contributed by atoms with Crippen molar-refractivity contribution in [2.24, 2.45) is 0 Å². The van der Waals surface area contributed by atoms with Crippen LogP contribution in [0.2, 0.25) is 0 Å². The molecule has 0 spiro atoms. The molecule has 0 fully saturated rings. The summed E-state index contributed by atoms with van der Waals surface area (Å²) in [5.74, 6) is 0.692. The van der Waals surface area contributed by atoms with Crippen LogP contribution >= 0.6 is 22.9 Å². The Kier molecular flexibility index (Phi) is 5.06. The van der Waals surface area contributed by atoms with Crippen molar-refractivity contribution >= 4 is 33.0 Å². The quantitative estimate of drug-likeness (QED) is 0.622. The smallest absolute Gasteiger partial charge is 0.211 e. The molecule has 0 amide bonds. The van der Waals surface area contributed by atoms with Crippen LogP contribution in [0.1, 0.15) is 34.6 Å². The summed E-state index contributed by atoms with van der Waals surface area (Å²) in [5, 5.41) is 0. The molecule has 1 heterocycles. The molecule has 6 heteroatoms. The van der Waals surface area contributed by atoms with Crippen molar-refractivity contribution in [3.63, 3.8) is 0 Å². The average Bonchev–Trinajstić information content (AvgIpc) is 2.86. The maximum atomic E-state index is 11.7. The van der Waals surface area contributed by atoms with Gasteiger partial charge in [-0.15, -0.1) is 22.9 Å². The predicted molar refractivity (Wildman–Crippen MR) is 76.9 cm³/mol. The Hall–Kier alpha value is -0.100. The van der Waals surface area contributed by atoms with Crippen molar-refractivity contribution in [3.05, 3.63) is 21.4 Å². The van der Waals surface area contributed by atoms with Gasteiger partial charge >= 0.3 is 0 Å². The highest BCUT2D eigenvalue weighted by Crippen LogP contribution is 2.30. The number of fused-ring (bicyclic) bond motifs is 1. The van der Waals surface area contributed by atoms with Crippen molar-refractivity contribution in [1.29, 1.82) is 0 Å². The van der Waals surface area contributed by atoms with Gasteiger partial charge in [0.25, 0.3) is 0 Å². The van der Waals surface area contributed by atoms with Crippen molar-refractivity contribution in [2.75, 3.05) is 11.6 Å². The van der Waals surface area contributed by atoms with Crippen LogP contribution in [-0.4, -0.2) is 20.1 Å². The Morgan fingerprint density at radius 2 is 2.17 bits per heavy atom. The summed E-state index contributed by atoms with van der Waals surface area (Å²) in [6.45, 7) is 0.431. The molecule has 0 radical (unpaired) electrons. The van der Waals surface area contributed by atoms with Crippen LogP contribution in [0, 0.1) is 0 Å². The van der Waals surface area contributed by atoms with E-state index in [2.05, 4.69) is 10.8 Å². The maximum Gasteiger partial charge on any atom is 0.211 e. The molecule has 0 saturated carbocycles. The number of halogens is 1. The standard InChI is InChI=1S/C12H18ClNO2S2/c13-6-1-2-7-18(15,16)14-9-11-8-10-4-3-5-12(10)17-11/h8,14H,1-7,9H2. The van der Waals surface area contributed by atoms with E-state index in [0.717, 1.165) is 24.1 Å². The molecule has 1 N–H and O–H groups in total. The van der Waals surface area contributed by atoms with Gasteiger partial charge in [0.05, 0.1) is 5.75 Å². The molecule has 1 aromatic rings. The monoisotopic (exact) mass is 307 g/mol. The van der Waals surface area contributed by atoms with E-state index in [-0.39, 0.29) is 5.75 Å². The van der Waals surface area contributed by atoms with E-state index in [1.807, 2.05) is 0 Å². The molecule has 0 bridgehead atoms. The summed E-state index contributed by atoms with van der Waals surface area (Å²) in [4.78, 5) is 2.56. The second kappa shape index (κ2) is 6.37. The summed E-state index contributed by atoms with van der Waals surface area (Å²) in [6, 6.07) is 2.15. The van der Waals surface area contributed by atoms with Gasteiger partial charge in [-0.2, -0.15) is 0 Å². The van der Waals surface area contributed by atoms with Gasteiger partial charge in [-0.25, -0.2) is 13.1 Å². The maximum absolute atomic E-state index is 11.7. The van der Waals surface area contributed by atoms with E-state index >= 15 is 0 Å². The molecule has 0 aliphatic heterocycles. The lowest BCUT2D eigenvalue weighted by molar-refractivity contribution is 0.578. The van der Waals surface area contributed by atoms with Gasteiger partial charge in [0.1, 0.15) is 0 Å². The highest BCUT2D eigenvalue weighted by Gasteiger charge is 2.16. The van der Waals surface area contributed by atoms with Gasteiger partial charge in [0.2, 0.25) is 10.0 Å². The van der Waals surface area contributed by atoms with Gasteiger partial charge in [-0.3, -0.25) is 0 Å². The zero-order chi connectivity index (χ0) is 13.0. The first-order chi connectivity index (χ1) is 8.61. The van der Waals surface area contributed by atoms with E-state index in [1.165, 1.54) is 16.9 Å². The van der Waals surface area contributed by atoms with E-state index in [4.69, 9.17) is 11.6 Å². The highest BCUT2D eigenvalue weighted by molar-refractivity contribution is 7.89. The second-order valence-electron chi connectivity index (χ2n) is 4.55. The number of rotatable bonds is 7. The predicted octanol–water partition coefficient (Wildman–Crippen LogP) is 2.68. The lowest BCUT2D eigenvalue weighted by atomic mass is 10.2. The number of alkyl halides is 1. The summed E-state index contributed by atoms with van der Waals surface area (Å²) in [7, 11) is -3.15. The first kappa shape index (κ1) is 14.3. The van der Waals surface area contributed by atoms with E-state index in [0.29, 0.717) is 18.8 Å². The summed E-state index contributed by atoms with van der Waals surface area (Å²) < 4.78 is 26.1. The molecule has 1 aliphatic rings. The fraction of sp³-hybridized carbons (Fsp3) is 0.667. The van der Waals surface area contributed by atoms with Gasteiger partial charge in [0.15, 0.2) is 0 Å². The summed E-state index contributed by atoms with van der Waals surface area (Å²) >= 11 is 7.28. The minimum Gasteiger partial charge on any atom is -0.212 e. The zero-order valence-corrected chi connectivity index (χ0v) is 12.6. The number of sulfonamides is 1. The van der Waals surface area contributed by atoms with Crippen molar-refractivity contribution in [1.82, 2.24) is 4.72 Å². The van der Waals surface area contributed by atoms with Gasteiger partial charge in [-0.1, -0.05) is 0 Å². The Morgan fingerprint density at radius 3 is 2.89 bits per heavy atom. The number of aryl methyl sites for hydroxylation is 2. The SMILES string of the molecule is O=S(=O)(CCCCCl)NCc1cc2c(s1)CCC2. The van der Waals surface area contributed by atoms with Crippen molar-refractivity contribution in [3.8, 4) is 0 Å². The molecule has 18 heavy (non-hydrogen) atoms. The van der Waals surface area contributed by atoms with Crippen LogP contribution in [0.5, 0.6) is 0 Å². The van der Waals surface area contributed by atoms with Crippen molar-refractivity contribution in [2.45, 2.75) is 38.6 Å². The Bertz CT molecular complexity index is 475. The average molecular weight is 308 g/mol. The van der Waals surface area contributed by atoms with Crippen molar-refractivity contribution < 1.29 is 8.42 Å². The van der Waals surface area contributed by atoms with Crippen LogP contribution in [-0.2, 0) is 29.4 Å². The van der Waals surface area contributed by atoms with E-state index < -0.39 is 10.0 Å². The number of thiophene rings is 1. The van der Waals surface area contributed by atoms with E-state index in [1.54, 1.807) is 11.3 Å². The normalized spacial score (nSPS) is 14.9. The Balaban J connectivity index is 1.83. The highest BCUT2D eigenvalue weighted by atomic mass is 35.5. The molecule has 1 aromatic heterocycles. The molecule has 1 aliphatic carbocycles. The lowest BCUT2D eigenvalue weighted by Gasteiger charge is -2.04. The Morgan fingerprint density at radius 1 is 1.33 bits per heavy atom. The van der Waals surface area contributed by atoms with Crippen LogP contribution in [0.15, 0.2) is 6.07 Å². The third-order valence-electron chi connectivity index (χ3n) is 3.06. The summed E-state index contributed by atoms with van der Waals surface area (Å²) in [5.41, 5.74) is 1.41. The number of nitrogens with one attached hydrogen (secondary N) is 1. The van der Waals surface area contributed by atoms with Gasteiger partial charge in [0, 0.05) is 22.2 Å². The van der Waals surface area contributed by atoms with Crippen LogP contribution in [0.3, 0.4) is 0 Å². The third-order valence-corrected chi connectivity index (χ3v) is 5.98. The fourth-order valence-electron chi connectivity index (χ4n) is 2.12. The largest absolute Gasteiger partial charge is 0.212 e. The molecule has 0 unspecified atom stereocenters. The molecule has 0 atom stereocenters. The van der Waals surface area contributed by atoms with Crippen LogP contribution < -0.4 is 4.72 Å². The molecular weight excluding hydrogens is 290 g/mol. The molecule has 0 aromatic carbocycles. The first-order valence-corrected chi connectivity index (χ1v) is 9.25. The molecular formula is C12H18ClNO2S2. The van der Waals surface area contributed by atoms with Gasteiger partial charge in [-0.05, 0) is 43.7 Å². The zero-order valence-electron chi connectivity index (χ0n) is 10.2. The first-order valence-electron chi connectivity index (χ1n) is 6.24. The van der Waals surface area contributed by atoms with Crippen LogP contribution in [0.25, 0.3) is 0 Å². The second-order valence-corrected chi connectivity index (χ2v) is 8.08. The Labute approximate surface area is 118 Å². The van der Waals surface area contributed by atoms with Crippen LogP contribution in [0.4, 0.5) is 0 Å². The minimum atomic E-state index is -3.15. The van der Waals surface area contributed by atoms with E-state index in [9.17, 15) is 8.42 Å². The summed E-state index contributed by atoms with van der Waals surface area (Å²) in [6.07, 6.45) is 4.91. The molecule has 2 rings (SSSR count). The van der Waals surface area contributed by atoms with Gasteiger partial charge < -0.3 is 0 Å². The third kappa shape index (κ3) is 3.95. The number of hydrogen-bond donors (Lipinski definition) is 1.